The molecule has 0 saturated heterocycles. The van der Waals surface area contributed by atoms with Crippen molar-refractivity contribution in [3.63, 3.8) is 0 Å². The van der Waals surface area contributed by atoms with Gasteiger partial charge in [0.1, 0.15) is 5.75 Å². The first-order valence-corrected chi connectivity index (χ1v) is 10.8. The third-order valence-electron chi connectivity index (χ3n) is 4.03. The molecule has 0 spiro atoms. The highest BCUT2D eigenvalue weighted by molar-refractivity contribution is 7.98. The predicted octanol–water partition coefficient (Wildman–Crippen LogP) is 4.12. The number of nitrogens with one attached hydrogen (secondary N) is 2. The van der Waals surface area contributed by atoms with Crippen molar-refractivity contribution >= 4 is 40.6 Å². The number of benzene rings is 2. The molecule has 1 aromatic heterocycles. The molecule has 0 radical (unpaired) electrons. The van der Waals surface area contributed by atoms with E-state index in [1.54, 1.807) is 53.9 Å². The summed E-state index contributed by atoms with van der Waals surface area (Å²) in [6, 6.07) is 12.8. The van der Waals surface area contributed by atoms with Crippen molar-refractivity contribution in [2.24, 2.45) is 0 Å². The first-order valence-electron chi connectivity index (χ1n) is 8.88. The van der Waals surface area contributed by atoms with Gasteiger partial charge in [0.05, 0.1) is 36.1 Å². The SMILES string of the molecule is COc1ccc(C)cc1NC(=O)CNC(=O)c1ccccc1SCc1cscn1. The van der Waals surface area contributed by atoms with E-state index in [0.29, 0.717) is 22.8 Å². The summed E-state index contributed by atoms with van der Waals surface area (Å²) >= 11 is 3.09. The average molecular weight is 428 g/mol. The molecular weight excluding hydrogens is 406 g/mol. The molecular formula is C21H21N3O3S2. The Hall–Kier alpha value is -2.84. The van der Waals surface area contributed by atoms with Crippen LogP contribution in [-0.2, 0) is 10.5 Å². The van der Waals surface area contributed by atoms with Gasteiger partial charge in [-0.05, 0) is 36.8 Å². The molecule has 2 aromatic carbocycles. The number of hydrogen-bond donors (Lipinski definition) is 2. The number of carbonyl (C=O) groups excluding carboxylic acids is 2. The van der Waals surface area contributed by atoms with Crippen molar-refractivity contribution in [1.82, 2.24) is 10.3 Å². The number of carbonyl (C=O) groups is 2. The first kappa shape index (κ1) is 20.9. The van der Waals surface area contributed by atoms with Crippen LogP contribution < -0.4 is 15.4 Å². The van der Waals surface area contributed by atoms with Crippen LogP contribution in [0.3, 0.4) is 0 Å². The molecule has 2 amide bonds. The Bertz CT molecular complexity index is 991. The lowest BCUT2D eigenvalue weighted by Gasteiger charge is -2.12. The standard InChI is InChI=1S/C21H21N3O3S2/c1-14-7-8-18(27-2)17(9-14)24-20(25)10-22-21(26)16-5-3-4-6-19(16)29-12-15-11-28-13-23-15/h3-9,11,13H,10,12H2,1-2H3,(H,22,26)(H,24,25). The minimum absolute atomic E-state index is 0.138. The number of anilines is 1. The van der Waals surface area contributed by atoms with Crippen LogP contribution in [0.1, 0.15) is 21.6 Å². The summed E-state index contributed by atoms with van der Waals surface area (Å²) in [5.41, 5.74) is 4.87. The second-order valence-corrected chi connectivity index (χ2v) is 7.94. The highest BCUT2D eigenvalue weighted by atomic mass is 32.2. The lowest BCUT2D eigenvalue weighted by molar-refractivity contribution is -0.115. The molecule has 0 bridgehead atoms. The van der Waals surface area contributed by atoms with Crippen LogP contribution in [0.2, 0.25) is 0 Å². The van der Waals surface area contributed by atoms with Gasteiger partial charge in [0.15, 0.2) is 0 Å². The number of rotatable bonds is 8. The zero-order valence-corrected chi connectivity index (χ0v) is 17.7. The van der Waals surface area contributed by atoms with Crippen molar-refractivity contribution in [3.8, 4) is 5.75 Å². The number of thiazole rings is 1. The molecule has 0 atom stereocenters. The molecule has 150 valence electrons. The molecule has 6 nitrogen and oxygen atoms in total. The fourth-order valence-corrected chi connectivity index (χ4v) is 4.23. The van der Waals surface area contributed by atoms with Gasteiger partial charge in [0.2, 0.25) is 5.91 Å². The topological polar surface area (TPSA) is 80.3 Å². The maximum absolute atomic E-state index is 12.6. The molecule has 8 heteroatoms. The van der Waals surface area contributed by atoms with Crippen molar-refractivity contribution in [3.05, 3.63) is 70.2 Å². The lowest BCUT2D eigenvalue weighted by atomic mass is 10.2. The van der Waals surface area contributed by atoms with Gasteiger partial charge >= 0.3 is 0 Å². The Balaban J connectivity index is 1.59. The molecule has 3 rings (SSSR count). The highest BCUT2D eigenvalue weighted by Crippen LogP contribution is 2.27. The smallest absolute Gasteiger partial charge is 0.252 e. The Morgan fingerprint density at radius 1 is 1.21 bits per heavy atom. The summed E-state index contributed by atoms with van der Waals surface area (Å²) in [5.74, 6) is 0.633. The van der Waals surface area contributed by atoms with E-state index in [2.05, 4.69) is 15.6 Å². The van der Waals surface area contributed by atoms with E-state index in [1.165, 1.54) is 0 Å². The zero-order valence-electron chi connectivity index (χ0n) is 16.1. The summed E-state index contributed by atoms with van der Waals surface area (Å²) in [5, 5.41) is 7.45. The Morgan fingerprint density at radius 3 is 2.79 bits per heavy atom. The molecule has 0 aliphatic carbocycles. The van der Waals surface area contributed by atoms with Crippen LogP contribution in [0.25, 0.3) is 0 Å². The summed E-state index contributed by atoms with van der Waals surface area (Å²) < 4.78 is 5.26. The van der Waals surface area contributed by atoms with Gasteiger partial charge in [0, 0.05) is 16.0 Å². The summed E-state index contributed by atoms with van der Waals surface area (Å²) in [6.07, 6.45) is 0. The summed E-state index contributed by atoms with van der Waals surface area (Å²) in [6.45, 7) is 1.79. The van der Waals surface area contributed by atoms with Crippen LogP contribution >= 0.6 is 23.1 Å². The molecule has 1 heterocycles. The first-order chi connectivity index (χ1) is 14.1. The second kappa shape index (κ2) is 10.1. The van der Waals surface area contributed by atoms with E-state index in [0.717, 1.165) is 16.2 Å². The molecule has 0 saturated carbocycles. The van der Waals surface area contributed by atoms with Crippen LogP contribution in [0.15, 0.2) is 58.3 Å². The maximum atomic E-state index is 12.6. The van der Waals surface area contributed by atoms with Gasteiger partial charge in [-0.2, -0.15) is 0 Å². The minimum Gasteiger partial charge on any atom is -0.495 e. The number of aromatic nitrogens is 1. The highest BCUT2D eigenvalue weighted by Gasteiger charge is 2.14. The van der Waals surface area contributed by atoms with Crippen molar-refractivity contribution < 1.29 is 14.3 Å². The van der Waals surface area contributed by atoms with Gasteiger partial charge in [0.25, 0.3) is 5.91 Å². The molecule has 0 aliphatic heterocycles. The summed E-state index contributed by atoms with van der Waals surface area (Å²) in [4.78, 5) is 30.0. The van der Waals surface area contributed by atoms with E-state index in [-0.39, 0.29) is 18.4 Å². The van der Waals surface area contributed by atoms with Gasteiger partial charge < -0.3 is 15.4 Å². The molecule has 0 fully saturated rings. The number of hydrogen-bond acceptors (Lipinski definition) is 6. The average Bonchev–Trinajstić information content (AvgIpc) is 3.24. The van der Waals surface area contributed by atoms with Gasteiger partial charge in [-0.15, -0.1) is 23.1 Å². The molecule has 29 heavy (non-hydrogen) atoms. The molecule has 3 aromatic rings. The van der Waals surface area contributed by atoms with E-state index in [9.17, 15) is 9.59 Å². The second-order valence-electron chi connectivity index (χ2n) is 6.20. The van der Waals surface area contributed by atoms with E-state index >= 15 is 0 Å². The largest absolute Gasteiger partial charge is 0.495 e. The quantitative estimate of drug-likeness (QED) is 0.529. The van der Waals surface area contributed by atoms with Crippen molar-refractivity contribution in [2.45, 2.75) is 17.6 Å². The van der Waals surface area contributed by atoms with E-state index in [4.69, 9.17) is 4.74 Å². The molecule has 2 N–H and O–H groups in total. The van der Waals surface area contributed by atoms with Crippen molar-refractivity contribution in [2.75, 3.05) is 19.0 Å². The van der Waals surface area contributed by atoms with Crippen LogP contribution in [0.4, 0.5) is 5.69 Å². The van der Waals surface area contributed by atoms with Crippen LogP contribution in [-0.4, -0.2) is 30.5 Å². The van der Waals surface area contributed by atoms with Gasteiger partial charge in [-0.1, -0.05) is 18.2 Å². The maximum Gasteiger partial charge on any atom is 0.252 e. The number of amides is 2. The normalized spacial score (nSPS) is 10.4. The van der Waals surface area contributed by atoms with Crippen LogP contribution in [0, 0.1) is 6.92 Å². The number of methoxy groups -OCH3 is 1. The number of thioether (sulfide) groups is 1. The molecule has 0 unspecified atom stereocenters. The number of ether oxygens (including phenoxy) is 1. The predicted molar refractivity (Wildman–Crippen MR) is 117 cm³/mol. The third kappa shape index (κ3) is 5.82. The Labute approximate surface area is 177 Å². The monoisotopic (exact) mass is 427 g/mol. The van der Waals surface area contributed by atoms with E-state index < -0.39 is 0 Å². The fraction of sp³-hybridized carbons (Fsp3) is 0.190. The number of aryl methyl sites for hydroxylation is 1. The number of nitrogens with zero attached hydrogens (tertiary/aromatic N) is 1. The fourth-order valence-electron chi connectivity index (χ4n) is 2.61. The van der Waals surface area contributed by atoms with E-state index in [1.807, 2.05) is 36.6 Å². The van der Waals surface area contributed by atoms with Gasteiger partial charge in [-0.3, -0.25) is 9.59 Å². The Kier molecular flexibility index (Phi) is 7.26. The zero-order chi connectivity index (χ0) is 20.6. The third-order valence-corrected chi connectivity index (χ3v) is 5.77. The van der Waals surface area contributed by atoms with Crippen molar-refractivity contribution in [1.29, 1.82) is 0 Å². The van der Waals surface area contributed by atoms with Crippen LogP contribution in [0.5, 0.6) is 5.75 Å². The minimum atomic E-state index is -0.324. The lowest BCUT2D eigenvalue weighted by Crippen LogP contribution is -2.33. The van der Waals surface area contributed by atoms with Gasteiger partial charge in [-0.25, -0.2) is 4.98 Å². The molecule has 0 aliphatic rings. The Morgan fingerprint density at radius 2 is 2.03 bits per heavy atom. The summed E-state index contributed by atoms with van der Waals surface area (Å²) in [7, 11) is 1.54.